The molecule has 302 valence electrons. The molecule has 0 radical (unpaired) electrons. The van der Waals surface area contributed by atoms with Gasteiger partial charge >= 0.3 is 0 Å². The number of aromatic nitrogens is 4. The number of pyridine rings is 2. The van der Waals surface area contributed by atoms with E-state index >= 15 is 4.39 Å². The molecular formula is C57H38FN5Si. The highest BCUT2D eigenvalue weighted by atomic mass is 28.3. The maximum atomic E-state index is 17.4. The summed E-state index contributed by atoms with van der Waals surface area (Å²) >= 11 is 0. The number of benzene rings is 8. The van der Waals surface area contributed by atoms with Crippen LogP contribution in [0.5, 0.6) is 0 Å². The molecule has 1 unspecified atom stereocenters. The molecule has 4 aromatic heterocycles. The largest absolute Gasteiger partial charge is 0.309 e. The third kappa shape index (κ3) is 5.16. The van der Waals surface area contributed by atoms with Crippen LogP contribution in [-0.4, -0.2) is 27.0 Å². The molecule has 0 amide bonds. The van der Waals surface area contributed by atoms with Crippen molar-refractivity contribution in [3.05, 3.63) is 236 Å². The van der Waals surface area contributed by atoms with Gasteiger partial charge in [0, 0.05) is 57.2 Å². The van der Waals surface area contributed by atoms with Crippen LogP contribution in [0.15, 0.2) is 225 Å². The molecule has 1 atom stereocenters. The lowest BCUT2D eigenvalue weighted by Gasteiger charge is -2.44. The number of para-hydroxylation sites is 3. The van der Waals surface area contributed by atoms with Gasteiger partial charge in [0.25, 0.3) is 0 Å². The first-order chi connectivity index (χ1) is 31.7. The van der Waals surface area contributed by atoms with Gasteiger partial charge in [-0.05, 0) is 97.9 Å². The van der Waals surface area contributed by atoms with Crippen LogP contribution in [0, 0.1) is 0 Å². The van der Waals surface area contributed by atoms with E-state index in [9.17, 15) is 0 Å². The fourth-order valence-corrected chi connectivity index (χ4v) is 16.0. The van der Waals surface area contributed by atoms with E-state index in [1.165, 1.54) is 31.5 Å². The van der Waals surface area contributed by atoms with Gasteiger partial charge < -0.3 is 4.57 Å². The third-order valence-corrected chi connectivity index (χ3v) is 18.2. The van der Waals surface area contributed by atoms with Crippen LogP contribution in [0.2, 0.25) is 0 Å². The van der Waals surface area contributed by atoms with Crippen molar-refractivity contribution in [3.8, 4) is 5.69 Å². The minimum absolute atomic E-state index is 0.568. The second-order valence-electron chi connectivity index (χ2n) is 16.6. The molecule has 1 aliphatic rings. The number of hydrogen-bond donors (Lipinski definition) is 0. The predicted octanol–water partition coefficient (Wildman–Crippen LogP) is 11.4. The predicted molar refractivity (Wildman–Crippen MR) is 264 cm³/mol. The Balaban J connectivity index is 1.08. The first kappa shape index (κ1) is 36.5. The number of nitrogens with zero attached hydrogens (tertiary/aromatic N) is 5. The molecule has 1 aliphatic heterocycles. The lowest BCUT2D eigenvalue weighted by molar-refractivity contribution is 0.402. The van der Waals surface area contributed by atoms with Gasteiger partial charge in [-0.2, -0.15) is 0 Å². The number of hydrogen-bond acceptors (Lipinski definition) is 3. The molecule has 0 spiro atoms. The molecule has 0 bridgehead atoms. The van der Waals surface area contributed by atoms with Gasteiger partial charge in [-0.25, -0.2) is 14.4 Å². The zero-order valence-electron chi connectivity index (χ0n) is 34.6. The van der Waals surface area contributed by atoms with Crippen molar-refractivity contribution in [3.63, 3.8) is 0 Å². The number of alkyl halides is 1. The van der Waals surface area contributed by atoms with Gasteiger partial charge in [0.1, 0.15) is 11.5 Å². The Hall–Kier alpha value is -8.13. The highest BCUT2D eigenvalue weighted by Crippen LogP contribution is 2.43. The van der Waals surface area contributed by atoms with Gasteiger partial charge in [0.2, 0.25) is 0 Å². The minimum Gasteiger partial charge on any atom is -0.309 e. The van der Waals surface area contributed by atoms with E-state index in [0.717, 1.165) is 61.2 Å². The number of imidazole rings is 1. The van der Waals surface area contributed by atoms with Gasteiger partial charge in [-0.1, -0.05) is 146 Å². The van der Waals surface area contributed by atoms with Crippen LogP contribution in [-0.2, 0) is 0 Å². The van der Waals surface area contributed by atoms with Gasteiger partial charge in [-0.3, -0.25) is 9.30 Å². The molecule has 0 aliphatic carbocycles. The monoisotopic (exact) mass is 839 g/mol. The van der Waals surface area contributed by atoms with Gasteiger partial charge in [0.05, 0.1) is 16.6 Å². The summed E-state index contributed by atoms with van der Waals surface area (Å²) in [5, 5.41) is 10.5. The van der Waals surface area contributed by atoms with Crippen LogP contribution in [0.4, 0.5) is 21.6 Å². The summed E-state index contributed by atoms with van der Waals surface area (Å²) in [6, 6.07) is 72.7. The Morgan fingerprint density at radius 1 is 0.469 bits per heavy atom. The van der Waals surface area contributed by atoms with Crippen molar-refractivity contribution < 1.29 is 4.39 Å². The topological polar surface area (TPSA) is 38.4 Å². The average Bonchev–Trinajstić information content (AvgIpc) is 4.00. The maximum absolute atomic E-state index is 17.4. The Morgan fingerprint density at radius 3 is 1.92 bits per heavy atom. The van der Waals surface area contributed by atoms with Crippen LogP contribution in [0.3, 0.4) is 0 Å². The van der Waals surface area contributed by atoms with Crippen molar-refractivity contribution in [1.29, 1.82) is 0 Å². The SMILES string of the molecule is FC(c1cccc(N2c3ccc4c(c3[Si](c3ccccc3)(c3ccccc3)c3cccnc32)c2ccccc2n4-c2ccccc2)c1)c1ccc2c3ccccc3n3ccnc3c2c1. The summed E-state index contributed by atoms with van der Waals surface area (Å²) in [5.41, 5.74) is 8.30. The van der Waals surface area contributed by atoms with E-state index in [-0.39, 0.29) is 0 Å². The second-order valence-corrected chi connectivity index (χ2v) is 20.3. The molecule has 13 rings (SSSR count). The summed E-state index contributed by atoms with van der Waals surface area (Å²) < 4.78 is 21.9. The second kappa shape index (κ2) is 14.2. The molecule has 0 saturated carbocycles. The Bertz CT molecular complexity index is 3730. The molecular weight excluding hydrogens is 802 g/mol. The lowest BCUT2D eigenvalue weighted by Crippen LogP contribution is -2.77. The highest BCUT2D eigenvalue weighted by Gasteiger charge is 2.51. The first-order valence-electron chi connectivity index (χ1n) is 21.7. The van der Waals surface area contributed by atoms with Crippen LogP contribution in [0.25, 0.3) is 54.8 Å². The number of anilines is 3. The van der Waals surface area contributed by atoms with E-state index in [4.69, 9.17) is 9.97 Å². The fraction of sp³-hybridized carbons (Fsp3) is 0.0175. The minimum atomic E-state index is -3.17. The number of halogens is 1. The summed E-state index contributed by atoms with van der Waals surface area (Å²) in [5.74, 6) is 0.854. The van der Waals surface area contributed by atoms with E-state index in [0.29, 0.717) is 11.1 Å². The molecule has 0 saturated heterocycles. The molecule has 12 aromatic rings. The molecule has 8 aromatic carbocycles. The smallest absolute Gasteiger partial charge is 0.187 e. The fourth-order valence-electron chi connectivity index (χ4n) is 10.8. The van der Waals surface area contributed by atoms with E-state index in [1.807, 2.05) is 67.1 Å². The maximum Gasteiger partial charge on any atom is 0.187 e. The van der Waals surface area contributed by atoms with Crippen molar-refractivity contribution in [2.75, 3.05) is 4.90 Å². The van der Waals surface area contributed by atoms with Crippen LogP contribution in [0.1, 0.15) is 17.3 Å². The molecule has 0 N–H and O–H groups in total. The lowest BCUT2D eigenvalue weighted by atomic mass is 9.97. The highest BCUT2D eigenvalue weighted by molar-refractivity contribution is 7.22. The molecule has 5 nitrogen and oxygen atoms in total. The summed E-state index contributed by atoms with van der Waals surface area (Å²) in [7, 11) is -3.17. The zero-order valence-corrected chi connectivity index (χ0v) is 35.6. The number of fused-ring (bicyclic) bond motifs is 12. The van der Waals surface area contributed by atoms with Crippen LogP contribution >= 0.6 is 0 Å². The van der Waals surface area contributed by atoms with Crippen LogP contribution < -0.4 is 25.6 Å². The normalized spacial score (nSPS) is 13.7. The van der Waals surface area contributed by atoms with E-state index < -0.39 is 14.2 Å². The summed E-state index contributed by atoms with van der Waals surface area (Å²) in [6.07, 6.45) is 4.28. The molecule has 0 fully saturated rings. The third-order valence-electron chi connectivity index (χ3n) is 13.4. The Kier molecular flexibility index (Phi) is 8.10. The van der Waals surface area contributed by atoms with E-state index in [2.05, 4.69) is 172 Å². The zero-order chi connectivity index (χ0) is 42.4. The van der Waals surface area contributed by atoms with Crippen molar-refractivity contribution >= 4 is 95.1 Å². The standard InChI is InChI=1S/C57H38FN5Si/c58-54(39-29-30-44-45-24-10-12-26-48(45)61-35-34-60-56(61)47(44)37-39)38-16-14-19-41(36-38)63-51-32-31-50-53(46-25-11-13-27-49(46)62(50)40-17-4-1-5-18-40)55(51)64(42-20-6-2-7-21-42,43-22-8-3-9-23-43)52-28-15-33-59-57(52)63/h1-37,54H. The Labute approximate surface area is 369 Å². The first-order valence-corrected chi connectivity index (χ1v) is 23.7. The van der Waals surface area contributed by atoms with Crippen molar-refractivity contribution in [2.24, 2.45) is 0 Å². The molecule has 64 heavy (non-hydrogen) atoms. The summed E-state index contributed by atoms with van der Waals surface area (Å²) in [4.78, 5) is 12.3. The van der Waals surface area contributed by atoms with Gasteiger partial charge in [0.15, 0.2) is 14.2 Å². The average molecular weight is 840 g/mol. The van der Waals surface area contributed by atoms with E-state index in [1.54, 1.807) is 0 Å². The Morgan fingerprint density at radius 2 is 1.14 bits per heavy atom. The van der Waals surface area contributed by atoms with Crippen molar-refractivity contribution in [2.45, 2.75) is 6.17 Å². The quantitative estimate of drug-likeness (QED) is 0.124. The number of rotatable bonds is 6. The van der Waals surface area contributed by atoms with Gasteiger partial charge in [-0.15, -0.1) is 0 Å². The molecule has 7 heteroatoms. The summed E-state index contributed by atoms with van der Waals surface area (Å²) in [6.45, 7) is 0. The molecule has 5 heterocycles. The van der Waals surface area contributed by atoms with Crippen molar-refractivity contribution in [1.82, 2.24) is 18.9 Å².